The lowest BCUT2D eigenvalue weighted by atomic mass is 9.89. The van der Waals surface area contributed by atoms with Crippen LogP contribution in [-0.2, 0) is 4.79 Å². The molecule has 4 unspecified atom stereocenters. The van der Waals surface area contributed by atoms with E-state index in [4.69, 9.17) is 5.11 Å². The second-order valence-corrected chi connectivity index (χ2v) is 3.71. The van der Waals surface area contributed by atoms with Crippen LogP contribution in [0.1, 0.15) is 19.3 Å². The minimum Gasteiger partial charge on any atom is -0.481 e. The smallest absolute Gasteiger partial charge is 0.310 e. The summed E-state index contributed by atoms with van der Waals surface area (Å²) in [4.78, 5) is 10.8. The van der Waals surface area contributed by atoms with E-state index in [0.29, 0.717) is 12.5 Å². The maximum atomic E-state index is 10.8. The van der Waals surface area contributed by atoms with Gasteiger partial charge in [0.15, 0.2) is 0 Å². The fourth-order valence-electron chi connectivity index (χ4n) is 2.36. The topological polar surface area (TPSA) is 69.6 Å². The zero-order valence-electron chi connectivity index (χ0n) is 6.73. The Labute approximate surface area is 70.6 Å². The van der Waals surface area contributed by atoms with Gasteiger partial charge < -0.3 is 15.5 Å². The Hall–Kier alpha value is -0.610. The molecule has 3 N–H and O–H groups in total. The van der Waals surface area contributed by atoms with E-state index in [0.717, 1.165) is 12.8 Å². The molecule has 0 radical (unpaired) electrons. The molecule has 0 amide bonds. The lowest BCUT2D eigenvalue weighted by Crippen LogP contribution is -2.51. The number of aliphatic hydroxyl groups excluding tert-OH is 1. The second kappa shape index (κ2) is 2.71. The molecule has 2 aliphatic rings. The van der Waals surface area contributed by atoms with Crippen molar-refractivity contribution in [1.82, 2.24) is 5.32 Å². The van der Waals surface area contributed by atoms with Crippen LogP contribution >= 0.6 is 0 Å². The third-order valence-electron chi connectivity index (χ3n) is 2.94. The monoisotopic (exact) mass is 171 g/mol. The molecule has 0 spiro atoms. The molecule has 2 bridgehead atoms. The van der Waals surface area contributed by atoms with Crippen LogP contribution in [0.2, 0.25) is 0 Å². The van der Waals surface area contributed by atoms with Crippen molar-refractivity contribution in [2.24, 2.45) is 5.92 Å². The maximum Gasteiger partial charge on any atom is 0.310 e. The number of hydrogen-bond acceptors (Lipinski definition) is 3. The Morgan fingerprint density at radius 3 is 2.83 bits per heavy atom. The quantitative estimate of drug-likeness (QED) is 0.501. The molecular weight excluding hydrogens is 158 g/mol. The number of carboxylic acid groups (broad SMARTS) is 1. The first-order chi connectivity index (χ1) is 5.68. The molecule has 2 rings (SSSR count). The van der Waals surface area contributed by atoms with Crippen LogP contribution in [0.4, 0.5) is 0 Å². The molecule has 4 heteroatoms. The van der Waals surface area contributed by atoms with Crippen molar-refractivity contribution in [3.05, 3.63) is 0 Å². The Morgan fingerprint density at radius 2 is 2.17 bits per heavy atom. The first kappa shape index (κ1) is 8.01. The van der Waals surface area contributed by atoms with Crippen LogP contribution in [0.25, 0.3) is 0 Å². The van der Waals surface area contributed by atoms with Crippen LogP contribution in [0.5, 0.6) is 0 Å². The predicted octanol–water partition coefficient (Wildman–Crippen LogP) is -0.428. The number of carboxylic acids is 1. The van der Waals surface area contributed by atoms with Crippen LogP contribution in [0.3, 0.4) is 0 Å². The third-order valence-corrected chi connectivity index (χ3v) is 2.94. The van der Waals surface area contributed by atoms with Crippen molar-refractivity contribution < 1.29 is 15.0 Å². The number of piperidine rings is 1. The molecule has 2 heterocycles. The van der Waals surface area contributed by atoms with E-state index in [2.05, 4.69) is 5.32 Å². The summed E-state index contributed by atoms with van der Waals surface area (Å²) in [6.07, 6.45) is 1.83. The van der Waals surface area contributed by atoms with Gasteiger partial charge in [-0.2, -0.15) is 0 Å². The van der Waals surface area contributed by atoms with Crippen LogP contribution < -0.4 is 5.32 Å². The summed E-state index contributed by atoms with van der Waals surface area (Å²) in [5, 5.41) is 21.5. The second-order valence-electron chi connectivity index (χ2n) is 3.71. The highest BCUT2D eigenvalue weighted by Crippen LogP contribution is 2.31. The van der Waals surface area contributed by atoms with Gasteiger partial charge in [-0.1, -0.05) is 0 Å². The van der Waals surface area contributed by atoms with Gasteiger partial charge in [-0.3, -0.25) is 4.79 Å². The van der Waals surface area contributed by atoms with E-state index in [-0.39, 0.29) is 6.04 Å². The highest BCUT2D eigenvalue weighted by atomic mass is 16.4. The largest absolute Gasteiger partial charge is 0.481 e. The van der Waals surface area contributed by atoms with E-state index in [1.807, 2.05) is 0 Å². The highest BCUT2D eigenvalue weighted by Gasteiger charge is 2.44. The van der Waals surface area contributed by atoms with Gasteiger partial charge in [0.25, 0.3) is 0 Å². The van der Waals surface area contributed by atoms with Crippen molar-refractivity contribution in [2.45, 2.75) is 37.5 Å². The summed E-state index contributed by atoms with van der Waals surface area (Å²) in [7, 11) is 0. The molecule has 0 aromatic rings. The summed E-state index contributed by atoms with van der Waals surface area (Å²) in [6, 6.07) is 0.344. The number of nitrogens with one attached hydrogen (secondary N) is 1. The molecule has 0 aliphatic carbocycles. The first-order valence-corrected chi connectivity index (χ1v) is 4.35. The Balaban J connectivity index is 2.15. The maximum absolute atomic E-state index is 10.8. The van der Waals surface area contributed by atoms with Crippen molar-refractivity contribution in [1.29, 1.82) is 0 Å². The molecule has 4 atom stereocenters. The standard InChI is InChI=1S/C8H13NO3/c10-6-3-4-1-2-5(9-4)7(6)8(11)12/h4-7,9-10H,1-3H2,(H,11,12). The fourth-order valence-corrected chi connectivity index (χ4v) is 2.36. The van der Waals surface area contributed by atoms with Crippen LogP contribution in [0, 0.1) is 5.92 Å². The summed E-state index contributed by atoms with van der Waals surface area (Å²) >= 11 is 0. The average Bonchev–Trinajstić information content (AvgIpc) is 2.31. The molecule has 68 valence electrons. The Bertz CT molecular complexity index is 206. The number of aliphatic carboxylic acids is 1. The van der Waals surface area contributed by atoms with Gasteiger partial charge >= 0.3 is 5.97 Å². The zero-order valence-corrected chi connectivity index (χ0v) is 6.73. The molecule has 2 aliphatic heterocycles. The summed E-state index contributed by atoms with van der Waals surface area (Å²) in [6.45, 7) is 0. The Morgan fingerprint density at radius 1 is 1.42 bits per heavy atom. The molecular formula is C8H13NO3. The molecule has 0 aromatic carbocycles. The van der Waals surface area contributed by atoms with Gasteiger partial charge in [-0.25, -0.2) is 0 Å². The van der Waals surface area contributed by atoms with Gasteiger partial charge in [-0.15, -0.1) is 0 Å². The minimum atomic E-state index is -0.875. The minimum absolute atomic E-state index is 0.00347. The lowest BCUT2D eigenvalue weighted by molar-refractivity contribution is -0.148. The molecule has 12 heavy (non-hydrogen) atoms. The van der Waals surface area contributed by atoms with Crippen LogP contribution in [-0.4, -0.2) is 34.4 Å². The summed E-state index contributed by atoms with van der Waals surface area (Å²) in [5.74, 6) is -1.47. The van der Waals surface area contributed by atoms with Gasteiger partial charge in [-0.05, 0) is 19.3 Å². The fraction of sp³-hybridized carbons (Fsp3) is 0.875. The van der Waals surface area contributed by atoms with Crippen LogP contribution in [0.15, 0.2) is 0 Å². The van der Waals surface area contributed by atoms with E-state index in [9.17, 15) is 9.90 Å². The third kappa shape index (κ3) is 1.11. The number of carbonyl (C=O) groups is 1. The normalized spacial score (nSPS) is 46.1. The van der Waals surface area contributed by atoms with Crippen molar-refractivity contribution >= 4 is 5.97 Å². The summed E-state index contributed by atoms with van der Waals surface area (Å²) in [5.41, 5.74) is 0. The number of hydrogen-bond donors (Lipinski definition) is 3. The summed E-state index contributed by atoms with van der Waals surface area (Å²) < 4.78 is 0. The zero-order chi connectivity index (χ0) is 8.72. The molecule has 4 nitrogen and oxygen atoms in total. The number of aliphatic hydroxyl groups is 1. The van der Waals surface area contributed by atoms with E-state index in [1.165, 1.54) is 0 Å². The van der Waals surface area contributed by atoms with Crippen molar-refractivity contribution in [3.8, 4) is 0 Å². The molecule has 0 saturated carbocycles. The van der Waals surface area contributed by atoms with Gasteiger partial charge in [0.1, 0.15) is 0 Å². The predicted molar refractivity (Wildman–Crippen MR) is 41.7 cm³/mol. The van der Waals surface area contributed by atoms with E-state index >= 15 is 0 Å². The average molecular weight is 171 g/mol. The van der Waals surface area contributed by atoms with Crippen molar-refractivity contribution in [3.63, 3.8) is 0 Å². The highest BCUT2D eigenvalue weighted by molar-refractivity contribution is 5.72. The molecule has 0 aromatic heterocycles. The van der Waals surface area contributed by atoms with E-state index < -0.39 is 18.0 Å². The lowest BCUT2D eigenvalue weighted by Gasteiger charge is -2.31. The Kier molecular flexibility index (Phi) is 1.81. The molecule has 2 fully saturated rings. The van der Waals surface area contributed by atoms with Gasteiger partial charge in [0.2, 0.25) is 0 Å². The molecule has 2 saturated heterocycles. The van der Waals surface area contributed by atoms with Gasteiger partial charge in [0, 0.05) is 12.1 Å². The van der Waals surface area contributed by atoms with E-state index in [1.54, 1.807) is 0 Å². The van der Waals surface area contributed by atoms with Gasteiger partial charge in [0.05, 0.1) is 12.0 Å². The SMILES string of the molecule is O=C(O)C1C(O)CC2CCC1N2. The number of rotatable bonds is 1. The number of fused-ring (bicyclic) bond motifs is 2. The van der Waals surface area contributed by atoms with Crippen molar-refractivity contribution in [2.75, 3.05) is 0 Å². The first-order valence-electron chi connectivity index (χ1n) is 4.35.